The van der Waals surface area contributed by atoms with Crippen LogP contribution in [0.1, 0.15) is 46.7 Å². The summed E-state index contributed by atoms with van der Waals surface area (Å²) >= 11 is 3.19. The van der Waals surface area contributed by atoms with E-state index in [2.05, 4.69) is 36.2 Å². The Kier molecular flexibility index (Phi) is 6.02. The van der Waals surface area contributed by atoms with E-state index >= 15 is 0 Å². The number of hydrogen-bond donors (Lipinski definition) is 1. The number of alkyl halides is 3. The van der Waals surface area contributed by atoms with E-state index in [0.717, 1.165) is 31.3 Å². The number of aromatic nitrogens is 3. The number of nitrogens with zero attached hydrogens (tertiary/aromatic N) is 4. The maximum Gasteiger partial charge on any atom is 0.433 e. The van der Waals surface area contributed by atoms with Crippen molar-refractivity contribution < 1.29 is 18.0 Å². The Labute approximate surface area is 185 Å². The van der Waals surface area contributed by atoms with Crippen molar-refractivity contribution >= 4 is 33.2 Å². The molecule has 1 saturated heterocycles. The van der Waals surface area contributed by atoms with Gasteiger partial charge in [0.1, 0.15) is 5.69 Å². The Balaban J connectivity index is 1.54. The van der Waals surface area contributed by atoms with E-state index < -0.39 is 17.8 Å². The van der Waals surface area contributed by atoms with Gasteiger partial charge in [0.2, 0.25) is 0 Å². The summed E-state index contributed by atoms with van der Waals surface area (Å²) in [7, 11) is 0. The molecule has 0 spiro atoms. The fourth-order valence-corrected chi connectivity index (χ4v) is 4.24. The van der Waals surface area contributed by atoms with Gasteiger partial charge in [-0.25, -0.2) is 9.50 Å². The molecule has 0 radical (unpaired) electrons. The predicted octanol–water partition coefficient (Wildman–Crippen LogP) is 5.06. The molecule has 2 aromatic heterocycles. The number of fused-ring (bicyclic) bond motifs is 1. The van der Waals surface area contributed by atoms with Crippen LogP contribution in [0.5, 0.6) is 0 Å². The number of carbonyl (C=O) groups excluding carboxylic acids is 1. The molecule has 1 fully saturated rings. The molecule has 6 nitrogen and oxygen atoms in total. The van der Waals surface area contributed by atoms with E-state index in [1.165, 1.54) is 26.2 Å². The highest BCUT2D eigenvalue weighted by Crippen LogP contribution is 2.32. The normalized spacial score (nSPS) is 15.4. The van der Waals surface area contributed by atoms with E-state index in [1.807, 2.05) is 12.1 Å². The zero-order valence-electron chi connectivity index (χ0n) is 16.8. The standard InChI is InChI=1S/C21H21BrF3N5O/c1-13-11-16(21(23,24)25)30-19(26-13)17(22)18(28-30)20(31)27-15-7-5-14(6-8-15)12-29-9-3-2-4-10-29/h5-8,11H,2-4,9-10,12H2,1H3,(H,27,31). The van der Waals surface area contributed by atoms with Gasteiger partial charge in [0.25, 0.3) is 5.91 Å². The first-order valence-electron chi connectivity index (χ1n) is 9.98. The maximum atomic E-state index is 13.4. The molecule has 3 heterocycles. The molecule has 1 N–H and O–H groups in total. The molecule has 3 aromatic rings. The van der Waals surface area contributed by atoms with Gasteiger partial charge in [0, 0.05) is 17.9 Å². The monoisotopic (exact) mass is 495 g/mol. The van der Waals surface area contributed by atoms with Crippen molar-refractivity contribution in [3.8, 4) is 0 Å². The van der Waals surface area contributed by atoms with Crippen LogP contribution in [-0.2, 0) is 12.7 Å². The maximum absolute atomic E-state index is 13.4. The minimum absolute atomic E-state index is 0.0608. The highest BCUT2D eigenvalue weighted by molar-refractivity contribution is 9.10. The number of likely N-dealkylation sites (tertiary alicyclic amines) is 1. The first kappa shape index (κ1) is 21.8. The summed E-state index contributed by atoms with van der Waals surface area (Å²) in [4.78, 5) is 19.2. The van der Waals surface area contributed by atoms with Crippen LogP contribution < -0.4 is 5.32 Å². The van der Waals surface area contributed by atoms with Gasteiger partial charge >= 0.3 is 6.18 Å². The molecule has 1 aromatic carbocycles. The molecule has 10 heteroatoms. The van der Waals surface area contributed by atoms with Crippen molar-refractivity contribution in [2.24, 2.45) is 0 Å². The van der Waals surface area contributed by atoms with Crippen molar-refractivity contribution in [1.82, 2.24) is 19.5 Å². The smallest absolute Gasteiger partial charge is 0.321 e. The highest BCUT2D eigenvalue weighted by atomic mass is 79.9. The Hall–Kier alpha value is -2.46. The highest BCUT2D eigenvalue weighted by Gasteiger charge is 2.36. The fourth-order valence-electron chi connectivity index (χ4n) is 3.72. The lowest BCUT2D eigenvalue weighted by molar-refractivity contribution is -0.142. The van der Waals surface area contributed by atoms with Gasteiger partial charge in [0.15, 0.2) is 11.3 Å². The van der Waals surface area contributed by atoms with Crippen molar-refractivity contribution in [1.29, 1.82) is 0 Å². The molecule has 1 aliphatic rings. The average molecular weight is 496 g/mol. The number of aryl methyl sites for hydroxylation is 1. The number of hydrogen-bond acceptors (Lipinski definition) is 4. The molecule has 0 bridgehead atoms. The van der Waals surface area contributed by atoms with Crippen LogP contribution in [0, 0.1) is 6.92 Å². The van der Waals surface area contributed by atoms with Crippen LogP contribution in [-0.4, -0.2) is 38.5 Å². The summed E-state index contributed by atoms with van der Waals surface area (Å²) in [5.74, 6) is -0.619. The molecule has 1 aliphatic heterocycles. The molecule has 0 saturated carbocycles. The molecule has 0 atom stereocenters. The van der Waals surface area contributed by atoms with Crippen LogP contribution in [0.2, 0.25) is 0 Å². The second-order valence-corrected chi connectivity index (χ2v) is 8.46. The topological polar surface area (TPSA) is 62.5 Å². The molecule has 164 valence electrons. The number of anilines is 1. The molecule has 0 unspecified atom stereocenters. The van der Waals surface area contributed by atoms with Crippen molar-refractivity contribution in [3.63, 3.8) is 0 Å². The number of amides is 1. The van der Waals surface area contributed by atoms with Gasteiger partial charge in [-0.15, -0.1) is 0 Å². The lowest BCUT2D eigenvalue weighted by atomic mass is 10.1. The van der Waals surface area contributed by atoms with Gasteiger partial charge in [-0.2, -0.15) is 18.3 Å². The van der Waals surface area contributed by atoms with Gasteiger partial charge in [-0.05, 0) is 72.5 Å². The van der Waals surface area contributed by atoms with E-state index in [9.17, 15) is 18.0 Å². The summed E-state index contributed by atoms with van der Waals surface area (Å²) in [6.45, 7) is 4.50. The van der Waals surface area contributed by atoms with E-state index in [4.69, 9.17) is 0 Å². The van der Waals surface area contributed by atoms with E-state index in [1.54, 1.807) is 12.1 Å². The lowest BCUT2D eigenvalue weighted by Crippen LogP contribution is -2.29. The summed E-state index contributed by atoms with van der Waals surface area (Å²) in [5, 5.41) is 6.58. The number of halogens is 4. The predicted molar refractivity (Wildman–Crippen MR) is 114 cm³/mol. The largest absolute Gasteiger partial charge is 0.433 e. The van der Waals surface area contributed by atoms with Crippen molar-refractivity contribution in [2.75, 3.05) is 18.4 Å². The molecule has 0 aliphatic carbocycles. The van der Waals surface area contributed by atoms with E-state index in [0.29, 0.717) is 10.2 Å². The number of piperidine rings is 1. The lowest BCUT2D eigenvalue weighted by Gasteiger charge is -2.26. The van der Waals surface area contributed by atoms with Crippen LogP contribution in [0.15, 0.2) is 34.8 Å². The van der Waals surface area contributed by atoms with Crippen molar-refractivity contribution in [3.05, 3.63) is 57.4 Å². The molecule has 1 amide bonds. The minimum atomic E-state index is -4.63. The van der Waals surface area contributed by atoms with Crippen LogP contribution in [0.4, 0.5) is 18.9 Å². The van der Waals surface area contributed by atoms with Gasteiger partial charge in [-0.1, -0.05) is 18.6 Å². The zero-order chi connectivity index (χ0) is 22.2. The average Bonchev–Trinajstić information content (AvgIpc) is 3.05. The number of nitrogens with one attached hydrogen (secondary N) is 1. The molecule has 4 rings (SSSR count). The number of rotatable bonds is 4. The molecule has 31 heavy (non-hydrogen) atoms. The Morgan fingerprint density at radius 2 is 1.84 bits per heavy atom. The third-order valence-corrected chi connectivity index (χ3v) is 5.96. The summed E-state index contributed by atoms with van der Waals surface area (Å²) < 4.78 is 40.9. The summed E-state index contributed by atoms with van der Waals surface area (Å²) in [6.07, 6.45) is -0.923. The van der Waals surface area contributed by atoms with Gasteiger partial charge < -0.3 is 5.32 Å². The van der Waals surface area contributed by atoms with Crippen LogP contribution in [0.3, 0.4) is 0 Å². The van der Waals surface area contributed by atoms with E-state index in [-0.39, 0.29) is 21.5 Å². The third kappa shape index (κ3) is 4.74. The van der Waals surface area contributed by atoms with Crippen LogP contribution in [0.25, 0.3) is 5.65 Å². The zero-order valence-corrected chi connectivity index (χ0v) is 18.4. The SMILES string of the molecule is Cc1cc(C(F)(F)F)n2nc(C(=O)Nc3ccc(CN4CCCCC4)cc3)c(Br)c2n1. The summed E-state index contributed by atoms with van der Waals surface area (Å²) in [6, 6.07) is 8.34. The second-order valence-electron chi connectivity index (χ2n) is 7.67. The van der Waals surface area contributed by atoms with Crippen molar-refractivity contribution in [2.45, 2.75) is 38.9 Å². The minimum Gasteiger partial charge on any atom is -0.321 e. The fraction of sp³-hybridized carbons (Fsp3) is 0.381. The second kappa shape index (κ2) is 8.58. The Morgan fingerprint density at radius 3 is 2.48 bits per heavy atom. The molecular formula is C21H21BrF3N5O. The number of benzene rings is 1. The van der Waals surface area contributed by atoms with Crippen LogP contribution >= 0.6 is 15.9 Å². The number of carbonyl (C=O) groups is 1. The first-order valence-corrected chi connectivity index (χ1v) is 10.8. The third-order valence-electron chi connectivity index (χ3n) is 5.23. The Morgan fingerprint density at radius 1 is 1.16 bits per heavy atom. The quantitative estimate of drug-likeness (QED) is 0.549. The summed E-state index contributed by atoms with van der Waals surface area (Å²) in [5.41, 5.74) is 0.642. The first-order chi connectivity index (χ1) is 14.7. The molecular weight excluding hydrogens is 475 g/mol. The van der Waals surface area contributed by atoms with Gasteiger partial charge in [0.05, 0.1) is 4.47 Å². The van der Waals surface area contributed by atoms with Gasteiger partial charge in [-0.3, -0.25) is 9.69 Å². The Bertz CT molecular complexity index is 1100.